The predicted molar refractivity (Wildman–Crippen MR) is 73.5 cm³/mol. The molecule has 0 aromatic carbocycles. The highest BCUT2D eigenvalue weighted by Crippen LogP contribution is 2.27. The lowest BCUT2D eigenvalue weighted by atomic mass is 9.93. The maximum atomic E-state index is 11.8. The lowest BCUT2D eigenvalue weighted by Gasteiger charge is -2.33. The normalized spacial score (nSPS) is 29.9. The van der Waals surface area contributed by atoms with Gasteiger partial charge in [0.2, 0.25) is 0 Å². The van der Waals surface area contributed by atoms with E-state index in [2.05, 4.69) is 31.0 Å². The SMILES string of the molecule is CNC(C)(CC(C)N1CC(C)C(C)C1)C(=O)OC. The number of likely N-dealkylation sites (tertiary alicyclic amines) is 1. The van der Waals surface area contributed by atoms with Crippen molar-refractivity contribution >= 4 is 5.97 Å². The third-order valence-corrected chi connectivity index (χ3v) is 4.53. The number of hydrogen-bond acceptors (Lipinski definition) is 4. The maximum Gasteiger partial charge on any atom is 0.325 e. The van der Waals surface area contributed by atoms with Crippen molar-refractivity contribution in [1.29, 1.82) is 0 Å². The van der Waals surface area contributed by atoms with Crippen molar-refractivity contribution in [3.05, 3.63) is 0 Å². The lowest BCUT2D eigenvalue weighted by molar-refractivity contribution is -0.148. The fraction of sp³-hybridized carbons (Fsp3) is 0.929. The molecule has 4 nitrogen and oxygen atoms in total. The van der Waals surface area contributed by atoms with Gasteiger partial charge in [-0.25, -0.2) is 0 Å². The first kappa shape index (κ1) is 15.4. The Bertz CT molecular complexity index is 286. The Morgan fingerprint density at radius 3 is 2.33 bits per heavy atom. The summed E-state index contributed by atoms with van der Waals surface area (Å²) in [6, 6.07) is 0.383. The van der Waals surface area contributed by atoms with Gasteiger partial charge in [-0.05, 0) is 39.2 Å². The van der Waals surface area contributed by atoms with E-state index >= 15 is 0 Å². The molecule has 1 aliphatic rings. The molecule has 0 spiro atoms. The molecule has 0 aromatic heterocycles. The lowest BCUT2D eigenvalue weighted by Crippen LogP contribution is -2.52. The van der Waals surface area contributed by atoms with E-state index in [0.717, 1.165) is 31.3 Å². The molecule has 106 valence electrons. The molecule has 0 bridgehead atoms. The van der Waals surface area contributed by atoms with Crippen LogP contribution in [0.15, 0.2) is 0 Å². The largest absolute Gasteiger partial charge is 0.468 e. The number of ether oxygens (including phenoxy) is 1. The van der Waals surface area contributed by atoms with Crippen molar-refractivity contribution in [3.63, 3.8) is 0 Å². The van der Waals surface area contributed by atoms with E-state index < -0.39 is 5.54 Å². The minimum atomic E-state index is -0.594. The second-order valence-electron chi connectivity index (χ2n) is 6.04. The van der Waals surface area contributed by atoms with Gasteiger partial charge in [0.1, 0.15) is 5.54 Å². The first-order chi connectivity index (χ1) is 8.34. The summed E-state index contributed by atoms with van der Waals surface area (Å²) in [6.07, 6.45) is 0.773. The molecule has 1 saturated heterocycles. The van der Waals surface area contributed by atoms with Crippen molar-refractivity contribution in [3.8, 4) is 0 Å². The van der Waals surface area contributed by atoms with Gasteiger partial charge >= 0.3 is 5.97 Å². The van der Waals surface area contributed by atoms with Crippen molar-refractivity contribution in [1.82, 2.24) is 10.2 Å². The number of nitrogens with one attached hydrogen (secondary N) is 1. The Labute approximate surface area is 111 Å². The van der Waals surface area contributed by atoms with Crippen LogP contribution in [-0.4, -0.2) is 49.7 Å². The third-order valence-electron chi connectivity index (χ3n) is 4.53. The number of likely N-dealkylation sites (N-methyl/N-ethyl adjacent to an activating group) is 1. The molecular formula is C14H28N2O2. The number of hydrogen-bond donors (Lipinski definition) is 1. The molecular weight excluding hydrogens is 228 g/mol. The Balaban J connectivity index is 2.63. The van der Waals surface area contributed by atoms with Crippen molar-refractivity contribution in [2.45, 2.75) is 45.7 Å². The highest BCUT2D eigenvalue weighted by Gasteiger charge is 2.37. The topological polar surface area (TPSA) is 41.6 Å². The van der Waals surface area contributed by atoms with Crippen molar-refractivity contribution in [2.75, 3.05) is 27.2 Å². The van der Waals surface area contributed by atoms with Crippen LogP contribution in [0.2, 0.25) is 0 Å². The standard InChI is InChI=1S/C14H28N2O2/c1-10-8-16(9-11(10)2)12(3)7-14(4,15-5)13(17)18-6/h10-12,15H,7-9H2,1-6H3. The van der Waals surface area contributed by atoms with Gasteiger partial charge in [-0.2, -0.15) is 0 Å². The minimum Gasteiger partial charge on any atom is -0.468 e. The van der Waals surface area contributed by atoms with Crippen LogP contribution >= 0.6 is 0 Å². The van der Waals surface area contributed by atoms with Crippen molar-refractivity contribution in [2.24, 2.45) is 11.8 Å². The molecule has 0 radical (unpaired) electrons. The summed E-state index contributed by atoms with van der Waals surface area (Å²) in [6.45, 7) is 11.0. The van der Waals surface area contributed by atoms with E-state index in [1.807, 2.05) is 14.0 Å². The molecule has 0 aliphatic carbocycles. The zero-order chi connectivity index (χ0) is 13.9. The Hall–Kier alpha value is -0.610. The van der Waals surface area contributed by atoms with Crippen LogP contribution in [-0.2, 0) is 9.53 Å². The number of rotatable bonds is 5. The molecule has 1 N–H and O–H groups in total. The number of esters is 1. The van der Waals surface area contributed by atoms with Gasteiger partial charge in [0.15, 0.2) is 0 Å². The zero-order valence-corrected chi connectivity index (χ0v) is 12.6. The maximum absolute atomic E-state index is 11.8. The van der Waals surface area contributed by atoms with Gasteiger partial charge in [-0.15, -0.1) is 0 Å². The summed E-state index contributed by atoms with van der Waals surface area (Å²) in [5.74, 6) is 1.30. The number of nitrogens with zero attached hydrogens (tertiary/aromatic N) is 1. The van der Waals surface area contributed by atoms with E-state index in [0.29, 0.717) is 6.04 Å². The van der Waals surface area contributed by atoms with Crippen LogP contribution in [0, 0.1) is 11.8 Å². The molecule has 1 rings (SSSR count). The number of methoxy groups -OCH3 is 1. The predicted octanol–water partition coefficient (Wildman–Crippen LogP) is 1.50. The highest BCUT2D eigenvalue weighted by molar-refractivity contribution is 5.80. The molecule has 0 saturated carbocycles. The number of carbonyl (C=O) groups excluding carboxylic acids is 1. The molecule has 1 heterocycles. The van der Waals surface area contributed by atoms with E-state index in [1.165, 1.54) is 7.11 Å². The molecule has 18 heavy (non-hydrogen) atoms. The minimum absolute atomic E-state index is 0.183. The Morgan fingerprint density at radius 1 is 1.44 bits per heavy atom. The summed E-state index contributed by atoms with van der Waals surface area (Å²) in [4.78, 5) is 14.3. The second-order valence-corrected chi connectivity index (χ2v) is 6.04. The van der Waals surface area contributed by atoms with E-state index in [1.54, 1.807) is 0 Å². The molecule has 1 fully saturated rings. The van der Waals surface area contributed by atoms with Crippen LogP contribution < -0.4 is 5.32 Å². The summed E-state index contributed by atoms with van der Waals surface area (Å²) < 4.78 is 4.89. The molecule has 4 unspecified atom stereocenters. The molecule has 1 aliphatic heterocycles. The van der Waals surface area contributed by atoms with Crippen LogP contribution in [0.1, 0.15) is 34.1 Å². The van der Waals surface area contributed by atoms with E-state index in [9.17, 15) is 4.79 Å². The average molecular weight is 256 g/mol. The Morgan fingerprint density at radius 2 is 1.94 bits per heavy atom. The monoisotopic (exact) mass is 256 g/mol. The van der Waals surface area contributed by atoms with Crippen molar-refractivity contribution < 1.29 is 9.53 Å². The third kappa shape index (κ3) is 3.23. The molecule has 0 amide bonds. The van der Waals surface area contributed by atoms with Crippen LogP contribution in [0.4, 0.5) is 0 Å². The van der Waals surface area contributed by atoms with Crippen LogP contribution in [0.3, 0.4) is 0 Å². The quantitative estimate of drug-likeness (QED) is 0.757. The first-order valence-corrected chi connectivity index (χ1v) is 6.85. The first-order valence-electron chi connectivity index (χ1n) is 6.85. The van der Waals surface area contributed by atoms with E-state index in [4.69, 9.17) is 4.74 Å². The summed E-state index contributed by atoms with van der Waals surface area (Å²) in [5, 5.41) is 3.10. The molecule has 4 heteroatoms. The fourth-order valence-corrected chi connectivity index (χ4v) is 2.77. The number of carbonyl (C=O) groups is 1. The smallest absolute Gasteiger partial charge is 0.325 e. The average Bonchev–Trinajstić information content (AvgIpc) is 2.68. The van der Waals surface area contributed by atoms with Gasteiger partial charge in [0, 0.05) is 19.1 Å². The van der Waals surface area contributed by atoms with Gasteiger partial charge in [-0.3, -0.25) is 4.79 Å². The van der Waals surface area contributed by atoms with Gasteiger partial charge in [0.05, 0.1) is 7.11 Å². The Kier molecular flexibility index (Phi) is 5.17. The highest BCUT2D eigenvalue weighted by atomic mass is 16.5. The second kappa shape index (κ2) is 6.02. The van der Waals surface area contributed by atoms with Crippen LogP contribution in [0.5, 0.6) is 0 Å². The fourth-order valence-electron chi connectivity index (χ4n) is 2.77. The molecule has 4 atom stereocenters. The van der Waals surface area contributed by atoms with Gasteiger partial charge in [0.25, 0.3) is 0 Å². The molecule has 0 aromatic rings. The summed E-state index contributed by atoms with van der Waals surface area (Å²) in [5.41, 5.74) is -0.594. The van der Waals surface area contributed by atoms with Gasteiger partial charge < -0.3 is 15.0 Å². The van der Waals surface area contributed by atoms with Crippen LogP contribution in [0.25, 0.3) is 0 Å². The van der Waals surface area contributed by atoms with Gasteiger partial charge in [-0.1, -0.05) is 13.8 Å². The summed E-state index contributed by atoms with van der Waals surface area (Å²) in [7, 11) is 3.27. The van der Waals surface area contributed by atoms with E-state index in [-0.39, 0.29) is 5.97 Å². The zero-order valence-electron chi connectivity index (χ0n) is 12.6. The summed E-state index contributed by atoms with van der Waals surface area (Å²) >= 11 is 0.